The van der Waals surface area contributed by atoms with E-state index in [0.29, 0.717) is 0 Å². The minimum absolute atomic E-state index is 1.37. The molecule has 0 rings (SSSR count). The third-order valence-corrected chi connectivity index (χ3v) is 0.639. The van der Waals surface area contributed by atoms with Gasteiger partial charge in [-0.1, -0.05) is 5.73 Å². The highest BCUT2D eigenvalue weighted by molar-refractivity contribution is 5.43. The van der Waals surface area contributed by atoms with Crippen LogP contribution >= 0.6 is 0 Å². The van der Waals surface area contributed by atoms with Crippen LogP contribution in [0.3, 0.4) is 0 Å². The first kappa shape index (κ1) is 10.2. The third-order valence-electron chi connectivity index (χ3n) is 0.639. The van der Waals surface area contributed by atoms with E-state index >= 15 is 0 Å². The van der Waals surface area contributed by atoms with Gasteiger partial charge < -0.3 is 0 Å². The molecule has 0 aliphatic carbocycles. The summed E-state index contributed by atoms with van der Waals surface area (Å²) in [4.78, 5) is 9.57. The molecule has 0 saturated heterocycles. The van der Waals surface area contributed by atoms with E-state index in [1.807, 2.05) is 5.73 Å². The highest BCUT2D eigenvalue weighted by Gasteiger charge is 1.39. The van der Waals surface area contributed by atoms with Crippen LogP contribution in [0.15, 0.2) is 63.9 Å². The van der Waals surface area contributed by atoms with Crippen molar-refractivity contribution in [3.63, 3.8) is 0 Å². The van der Waals surface area contributed by atoms with Gasteiger partial charge in [0.1, 0.15) is 0 Å². The van der Waals surface area contributed by atoms with Crippen molar-refractivity contribution < 1.29 is 4.79 Å². The first-order valence-corrected chi connectivity index (χ1v) is 3.06. The standard InChI is InChI=1S/C12H2O/c1-2-3-4-5-6-7-8-9-10-11-12-13/h1H2. The van der Waals surface area contributed by atoms with E-state index in [2.05, 4.69) is 58.2 Å². The summed E-state index contributed by atoms with van der Waals surface area (Å²) in [5, 5.41) is 0. The summed E-state index contributed by atoms with van der Waals surface area (Å²) in [6, 6.07) is 0. The van der Waals surface area contributed by atoms with Gasteiger partial charge in [-0.3, -0.25) is 0 Å². The normalized spacial score (nSPS) is 3.69. The van der Waals surface area contributed by atoms with Crippen LogP contribution in [0.4, 0.5) is 0 Å². The Kier molecular flexibility index (Phi) is 7.29. The highest BCUT2D eigenvalue weighted by atomic mass is 16.1. The molecular formula is C12H2O. The topological polar surface area (TPSA) is 17.1 Å². The largest absolute Gasteiger partial charge is 0.223 e. The molecule has 56 valence electrons. The maximum Gasteiger partial charge on any atom is 0.186 e. The molecule has 1 nitrogen and oxygen atoms in total. The Balaban J connectivity index is 5.52. The number of rotatable bonds is 0. The Hall–Kier alpha value is -2.75. The van der Waals surface area contributed by atoms with Crippen molar-refractivity contribution in [2.45, 2.75) is 0 Å². The summed E-state index contributed by atoms with van der Waals surface area (Å²) in [6.07, 6.45) is 0. The number of hydrogen-bond donors (Lipinski definition) is 0. The van der Waals surface area contributed by atoms with Crippen LogP contribution in [0.25, 0.3) is 0 Å². The van der Waals surface area contributed by atoms with Gasteiger partial charge in [-0.2, -0.15) is 0 Å². The highest BCUT2D eigenvalue weighted by Crippen LogP contribution is 1.53. The molecule has 0 aliphatic heterocycles. The molecule has 0 aliphatic rings. The molecule has 0 aromatic heterocycles. The maximum absolute atomic E-state index is 9.57. The molecule has 0 aromatic rings. The number of carbonyl (C=O) groups excluding carboxylic acids is 1. The molecule has 0 unspecified atom stereocenters. The van der Waals surface area contributed by atoms with Gasteiger partial charge >= 0.3 is 0 Å². The molecule has 0 N–H and O–H groups in total. The van der Waals surface area contributed by atoms with Crippen LogP contribution in [-0.4, -0.2) is 5.94 Å². The van der Waals surface area contributed by atoms with Crippen molar-refractivity contribution in [2.24, 2.45) is 0 Å². The van der Waals surface area contributed by atoms with Crippen LogP contribution in [0.2, 0.25) is 0 Å². The van der Waals surface area contributed by atoms with Crippen LogP contribution in [-0.2, 0) is 4.79 Å². The molecule has 0 radical (unpaired) electrons. The molecule has 0 spiro atoms. The first-order valence-electron chi connectivity index (χ1n) is 3.06. The Bertz CT molecular complexity index is 516. The molecule has 0 saturated carbocycles. The smallest absolute Gasteiger partial charge is 0.186 e. The van der Waals surface area contributed by atoms with E-state index < -0.39 is 0 Å². The molecule has 0 aromatic carbocycles. The Labute approximate surface area is 75.3 Å². The van der Waals surface area contributed by atoms with E-state index in [1.54, 1.807) is 0 Å². The lowest BCUT2D eigenvalue weighted by molar-refractivity contribution is 0.569. The summed E-state index contributed by atoms with van der Waals surface area (Å²) in [5.41, 5.74) is 23.3. The van der Waals surface area contributed by atoms with Crippen LogP contribution in [0.1, 0.15) is 0 Å². The molecule has 1 heteroatoms. The zero-order chi connectivity index (χ0) is 9.78. The maximum atomic E-state index is 9.57. The molecule has 0 amide bonds. The summed E-state index contributed by atoms with van der Waals surface area (Å²) < 4.78 is 0. The molecule has 0 atom stereocenters. The number of hydrogen-bond acceptors (Lipinski definition) is 1. The Morgan fingerprint density at radius 2 is 1.00 bits per heavy atom. The Morgan fingerprint density at radius 1 is 0.615 bits per heavy atom. The first-order chi connectivity index (χ1) is 6.41. The van der Waals surface area contributed by atoms with Crippen LogP contribution in [0.5, 0.6) is 0 Å². The summed E-state index contributed by atoms with van der Waals surface area (Å²) in [7, 11) is 0. The van der Waals surface area contributed by atoms with Gasteiger partial charge in [-0.05, 0) is 29.5 Å². The van der Waals surface area contributed by atoms with Gasteiger partial charge in [0.2, 0.25) is 0 Å². The SMILES string of the molecule is C=C=C=C=C=C=C=C=C=C=C=C=O. The lowest BCUT2D eigenvalue weighted by Gasteiger charge is -1.38. The van der Waals surface area contributed by atoms with Crippen LogP contribution < -0.4 is 0 Å². The molecule has 0 bridgehead atoms. The zero-order valence-electron chi connectivity index (χ0n) is 6.62. The predicted octanol–water partition coefficient (Wildman–Crippen LogP) is 1.55. The second kappa shape index (κ2) is 9.25. The van der Waals surface area contributed by atoms with E-state index in [0.717, 1.165) is 0 Å². The second-order valence-electron chi connectivity index (χ2n) is 1.40. The van der Waals surface area contributed by atoms with Crippen molar-refractivity contribution in [3.05, 3.63) is 63.9 Å². The Morgan fingerprint density at radius 3 is 1.38 bits per heavy atom. The monoisotopic (exact) mass is 162 g/mol. The van der Waals surface area contributed by atoms with Crippen LogP contribution in [0, 0.1) is 0 Å². The third kappa shape index (κ3) is 9.25. The fourth-order valence-corrected chi connectivity index (χ4v) is 0.288. The average Bonchev–Trinajstić information content (AvgIpc) is 2.16. The fraction of sp³-hybridized carbons (Fsp3) is 0. The molecule has 0 fully saturated rings. The van der Waals surface area contributed by atoms with E-state index in [1.165, 1.54) is 5.94 Å². The van der Waals surface area contributed by atoms with Crippen molar-refractivity contribution in [1.29, 1.82) is 0 Å². The second-order valence-corrected chi connectivity index (χ2v) is 1.40. The van der Waals surface area contributed by atoms with Gasteiger partial charge in [0.05, 0.1) is 0 Å². The van der Waals surface area contributed by atoms with Crippen molar-refractivity contribution >= 4 is 5.94 Å². The minimum Gasteiger partial charge on any atom is -0.223 e. The minimum atomic E-state index is 1.37. The summed E-state index contributed by atoms with van der Waals surface area (Å²) in [6.45, 7) is 3.26. The fourth-order valence-electron chi connectivity index (χ4n) is 0.288. The quantitative estimate of drug-likeness (QED) is 0.390. The van der Waals surface area contributed by atoms with Gasteiger partial charge in [0.15, 0.2) is 5.94 Å². The molecule has 0 heterocycles. The average molecular weight is 162 g/mol. The van der Waals surface area contributed by atoms with Crippen molar-refractivity contribution in [1.82, 2.24) is 0 Å². The lowest BCUT2D eigenvalue weighted by Crippen LogP contribution is -1.29. The zero-order valence-corrected chi connectivity index (χ0v) is 6.62. The van der Waals surface area contributed by atoms with Crippen molar-refractivity contribution in [2.75, 3.05) is 0 Å². The van der Waals surface area contributed by atoms with Gasteiger partial charge in [-0.25, -0.2) is 4.79 Å². The predicted molar refractivity (Wildman–Crippen MR) is 46.5 cm³/mol. The van der Waals surface area contributed by atoms with Gasteiger partial charge in [-0.15, -0.1) is 0 Å². The van der Waals surface area contributed by atoms with E-state index in [4.69, 9.17) is 0 Å². The van der Waals surface area contributed by atoms with Gasteiger partial charge in [0, 0.05) is 28.7 Å². The van der Waals surface area contributed by atoms with Crippen molar-refractivity contribution in [3.8, 4) is 0 Å². The lowest BCUT2D eigenvalue weighted by atomic mass is 10.6. The van der Waals surface area contributed by atoms with E-state index in [9.17, 15) is 4.79 Å². The van der Waals surface area contributed by atoms with Gasteiger partial charge in [0.25, 0.3) is 0 Å². The summed E-state index contributed by atoms with van der Waals surface area (Å²) >= 11 is 0. The molecule has 13 heavy (non-hydrogen) atoms. The molecular weight excluding hydrogens is 160 g/mol. The summed E-state index contributed by atoms with van der Waals surface area (Å²) in [5.74, 6) is 1.37. The van der Waals surface area contributed by atoms with E-state index in [-0.39, 0.29) is 0 Å².